The van der Waals surface area contributed by atoms with E-state index in [1.807, 2.05) is 0 Å². The molecule has 1 aromatic heterocycles. The van der Waals surface area contributed by atoms with Gasteiger partial charge < -0.3 is 30.2 Å². The summed E-state index contributed by atoms with van der Waals surface area (Å²) in [6.45, 7) is 0.229. The van der Waals surface area contributed by atoms with E-state index in [1.54, 1.807) is 12.1 Å². The highest BCUT2D eigenvalue weighted by atomic mass is 19.4. The van der Waals surface area contributed by atoms with E-state index < -0.39 is 35.1 Å². The number of carbonyl (C=O) groups excluding carboxylic acids is 2. The zero-order valence-corrected chi connectivity index (χ0v) is 20.5. The minimum atomic E-state index is -4.74. The average Bonchev–Trinajstić information content (AvgIpc) is 3.38. The van der Waals surface area contributed by atoms with E-state index in [2.05, 4.69) is 25.9 Å². The molecular formula is C25H23F4N5O5. The quantitative estimate of drug-likeness (QED) is 0.361. The number of carbonyl (C=O) groups is 2. The lowest BCUT2D eigenvalue weighted by Crippen LogP contribution is -2.59. The Morgan fingerprint density at radius 3 is 2.44 bits per heavy atom. The van der Waals surface area contributed by atoms with Crippen molar-refractivity contribution in [2.45, 2.75) is 24.7 Å². The van der Waals surface area contributed by atoms with Gasteiger partial charge in [0, 0.05) is 25.3 Å². The molecule has 206 valence electrons. The topological polar surface area (TPSA) is 124 Å². The number of nitrogens with zero attached hydrogens (tertiary/aromatic N) is 2. The van der Waals surface area contributed by atoms with Crippen LogP contribution in [-0.4, -0.2) is 47.8 Å². The van der Waals surface area contributed by atoms with E-state index in [4.69, 9.17) is 14.2 Å². The lowest BCUT2D eigenvalue weighted by Gasteiger charge is -2.27. The first kappa shape index (κ1) is 27.6. The summed E-state index contributed by atoms with van der Waals surface area (Å²) < 4.78 is 68.4. The Balaban J connectivity index is 1.36. The number of ether oxygens (including phenoxy) is 3. The summed E-state index contributed by atoms with van der Waals surface area (Å²) in [6.07, 6.45) is -2.96. The van der Waals surface area contributed by atoms with Crippen molar-refractivity contribution in [2.75, 3.05) is 25.6 Å². The van der Waals surface area contributed by atoms with Gasteiger partial charge in [0.2, 0.25) is 5.91 Å². The van der Waals surface area contributed by atoms with Crippen LogP contribution in [0.2, 0.25) is 0 Å². The van der Waals surface area contributed by atoms with E-state index in [9.17, 15) is 27.2 Å². The number of aromatic nitrogens is 2. The summed E-state index contributed by atoms with van der Waals surface area (Å²) in [5.74, 6) is -1.47. The SMILES string of the molecule is COc1ncc(OC(=O)N[C@@]2(C(=O)NCc3ccc(Nc4ccc(F)cc4C(F)(F)F)cc3)CCOC2)cn1. The van der Waals surface area contributed by atoms with E-state index in [-0.39, 0.29) is 43.6 Å². The third-order valence-corrected chi connectivity index (χ3v) is 5.77. The number of benzene rings is 2. The molecule has 0 spiro atoms. The lowest BCUT2D eigenvalue weighted by atomic mass is 9.97. The Morgan fingerprint density at radius 2 is 1.82 bits per heavy atom. The number of anilines is 2. The molecular weight excluding hydrogens is 526 g/mol. The van der Waals surface area contributed by atoms with E-state index >= 15 is 0 Å². The van der Waals surface area contributed by atoms with Crippen LogP contribution in [0.15, 0.2) is 54.9 Å². The third-order valence-electron chi connectivity index (χ3n) is 5.77. The van der Waals surface area contributed by atoms with Crippen LogP contribution in [0.25, 0.3) is 0 Å². The molecule has 0 radical (unpaired) electrons. The molecule has 1 atom stereocenters. The minimum absolute atomic E-state index is 0.0412. The van der Waals surface area contributed by atoms with Gasteiger partial charge in [0.25, 0.3) is 0 Å². The standard InChI is InChI=1S/C25H23F4N5O5/c1-37-22-31-12-18(13-32-22)39-23(36)34-24(8-9-38-14-24)21(35)30-11-15-2-5-17(6-3-15)33-20-7-4-16(26)10-19(20)25(27,28)29/h2-7,10,12-13,33H,8-9,11,14H2,1H3,(H,30,35)(H,34,36)/t24-/m0/s1. The van der Waals surface area contributed by atoms with E-state index in [0.29, 0.717) is 17.3 Å². The van der Waals surface area contributed by atoms with Gasteiger partial charge in [0.15, 0.2) is 5.75 Å². The highest BCUT2D eigenvalue weighted by molar-refractivity contribution is 5.90. The van der Waals surface area contributed by atoms with Crippen LogP contribution in [0.4, 0.5) is 33.7 Å². The van der Waals surface area contributed by atoms with Gasteiger partial charge in [-0.25, -0.2) is 9.18 Å². The Morgan fingerprint density at radius 1 is 1.10 bits per heavy atom. The second-order valence-corrected chi connectivity index (χ2v) is 8.50. The number of rotatable bonds is 8. The zero-order valence-electron chi connectivity index (χ0n) is 20.5. The molecule has 4 rings (SSSR count). The largest absolute Gasteiger partial charge is 0.467 e. The fourth-order valence-corrected chi connectivity index (χ4v) is 3.76. The van der Waals surface area contributed by atoms with Crippen LogP contribution in [0.5, 0.6) is 11.8 Å². The van der Waals surface area contributed by atoms with Gasteiger partial charge >= 0.3 is 18.3 Å². The highest BCUT2D eigenvalue weighted by Crippen LogP contribution is 2.36. The van der Waals surface area contributed by atoms with Gasteiger partial charge in [-0.15, -0.1) is 0 Å². The monoisotopic (exact) mass is 549 g/mol. The highest BCUT2D eigenvalue weighted by Gasteiger charge is 2.44. The summed E-state index contributed by atoms with van der Waals surface area (Å²) in [5.41, 5.74) is -1.84. The van der Waals surface area contributed by atoms with Gasteiger partial charge in [-0.3, -0.25) is 4.79 Å². The average molecular weight is 549 g/mol. The number of hydrogen-bond acceptors (Lipinski definition) is 8. The number of nitrogens with one attached hydrogen (secondary N) is 3. The second-order valence-electron chi connectivity index (χ2n) is 8.50. The van der Waals surface area contributed by atoms with Crippen LogP contribution in [0, 0.1) is 5.82 Å². The van der Waals surface area contributed by atoms with Crippen molar-refractivity contribution in [3.8, 4) is 11.8 Å². The summed E-state index contributed by atoms with van der Waals surface area (Å²) >= 11 is 0. The summed E-state index contributed by atoms with van der Waals surface area (Å²) in [4.78, 5) is 33.1. The Bertz CT molecular complexity index is 1310. The molecule has 1 aliphatic heterocycles. The van der Waals surface area contributed by atoms with Crippen molar-refractivity contribution >= 4 is 23.4 Å². The number of halogens is 4. The maximum atomic E-state index is 13.3. The second kappa shape index (κ2) is 11.5. The molecule has 1 saturated heterocycles. The molecule has 0 bridgehead atoms. The molecule has 2 heterocycles. The molecule has 0 saturated carbocycles. The molecule has 3 N–H and O–H groups in total. The molecule has 1 aliphatic rings. The molecule has 1 fully saturated rings. The van der Waals surface area contributed by atoms with Crippen LogP contribution in [0.1, 0.15) is 17.5 Å². The first-order chi connectivity index (χ1) is 18.6. The Labute approximate surface area is 219 Å². The maximum absolute atomic E-state index is 13.3. The molecule has 0 unspecified atom stereocenters. The van der Waals surface area contributed by atoms with Crippen LogP contribution in [0.3, 0.4) is 0 Å². The molecule has 2 aromatic carbocycles. The van der Waals surface area contributed by atoms with Gasteiger partial charge in [-0.05, 0) is 35.9 Å². The van der Waals surface area contributed by atoms with Crippen molar-refractivity contribution in [1.29, 1.82) is 0 Å². The fourth-order valence-electron chi connectivity index (χ4n) is 3.76. The van der Waals surface area contributed by atoms with Crippen molar-refractivity contribution in [2.24, 2.45) is 0 Å². The molecule has 10 nitrogen and oxygen atoms in total. The van der Waals surface area contributed by atoms with Gasteiger partial charge in [0.1, 0.15) is 11.4 Å². The molecule has 2 amide bonds. The lowest BCUT2D eigenvalue weighted by molar-refractivity contribution is -0.137. The van der Waals surface area contributed by atoms with Gasteiger partial charge in [-0.1, -0.05) is 12.1 Å². The normalized spacial score (nSPS) is 16.8. The summed E-state index contributed by atoms with van der Waals surface area (Å²) in [6, 6.07) is 8.69. The molecule has 14 heteroatoms. The molecule has 39 heavy (non-hydrogen) atoms. The summed E-state index contributed by atoms with van der Waals surface area (Å²) in [5, 5.41) is 7.91. The Kier molecular flexibility index (Phi) is 8.14. The smallest absolute Gasteiger partial charge is 0.418 e. The van der Waals surface area contributed by atoms with Gasteiger partial charge in [-0.2, -0.15) is 23.1 Å². The first-order valence-electron chi connectivity index (χ1n) is 11.5. The van der Waals surface area contributed by atoms with Crippen LogP contribution >= 0.6 is 0 Å². The zero-order chi connectivity index (χ0) is 28.0. The number of amides is 2. The van der Waals surface area contributed by atoms with Crippen molar-refractivity contribution in [3.63, 3.8) is 0 Å². The van der Waals surface area contributed by atoms with Crippen molar-refractivity contribution in [1.82, 2.24) is 20.6 Å². The number of alkyl halides is 3. The van der Waals surface area contributed by atoms with Crippen molar-refractivity contribution < 1.29 is 41.4 Å². The number of methoxy groups -OCH3 is 1. The van der Waals surface area contributed by atoms with Crippen LogP contribution in [-0.2, 0) is 22.3 Å². The van der Waals surface area contributed by atoms with Gasteiger partial charge in [0.05, 0.1) is 37.4 Å². The predicted molar refractivity (Wildman–Crippen MR) is 129 cm³/mol. The molecule has 0 aliphatic carbocycles. The van der Waals surface area contributed by atoms with E-state index in [0.717, 1.165) is 12.1 Å². The van der Waals surface area contributed by atoms with E-state index in [1.165, 1.54) is 31.6 Å². The van der Waals surface area contributed by atoms with Crippen LogP contribution < -0.4 is 25.4 Å². The Hall–Kier alpha value is -4.46. The first-order valence-corrected chi connectivity index (χ1v) is 11.5. The fraction of sp³-hybridized carbons (Fsp3) is 0.280. The number of hydrogen-bond donors (Lipinski definition) is 3. The van der Waals surface area contributed by atoms with Crippen molar-refractivity contribution in [3.05, 3.63) is 71.8 Å². The minimum Gasteiger partial charge on any atom is -0.467 e. The summed E-state index contributed by atoms with van der Waals surface area (Å²) in [7, 11) is 1.39. The predicted octanol–water partition coefficient (Wildman–Crippen LogP) is 3.95. The maximum Gasteiger partial charge on any atom is 0.418 e. The third kappa shape index (κ3) is 6.90. The molecule has 3 aromatic rings.